The second-order valence-electron chi connectivity index (χ2n) is 5.16. The van der Waals surface area contributed by atoms with E-state index >= 15 is 0 Å². The summed E-state index contributed by atoms with van der Waals surface area (Å²) in [4.78, 5) is 29.1. The third-order valence-electron chi connectivity index (χ3n) is 3.49. The van der Waals surface area contributed by atoms with Crippen LogP contribution in [0.15, 0.2) is 29.1 Å². The molecule has 7 N–H and O–H groups in total. The highest BCUT2D eigenvalue weighted by Gasteiger charge is 2.21. The molecule has 0 unspecified atom stereocenters. The molecule has 0 bridgehead atoms. The van der Waals surface area contributed by atoms with Crippen LogP contribution >= 0.6 is 0 Å². The molecule has 0 saturated heterocycles. The molecule has 2 aromatic rings. The molecule has 0 aliphatic carbocycles. The molecule has 1 aromatic carbocycles. The van der Waals surface area contributed by atoms with Gasteiger partial charge in [0.05, 0.1) is 11.6 Å². The van der Waals surface area contributed by atoms with Gasteiger partial charge < -0.3 is 26.8 Å². The van der Waals surface area contributed by atoms with Crippen LogP contribution in [0.3, 0.4) is 0 Å². The molecule has 1 aliphatic heterocycles. The predicted molar refractivity (Wildman–Crippen MR) is 87.1 cm³/mol. The van der Waals surface area contributed by atoms with Crippen molar-refractivity contribution < 1.29 is 9.90 Å². The lowest BCUT2D eigenvalue weighted by Gasteiger charge is -2.27. The average molecular weight is 316 g/mol. The monoisotopic (exact) mass is 316 g/mol. The quantitative estimate of drug-likeness (QED) is 0.474. The number of nitrogens with two attached hydrogens (primary N) is 1. The van der Waals surface area contributed by atoms with Gasteiger partial charge in [-0.1, -0.05) is 0 Å². The van der Waals surface area contributed by atoms with Crippen LogP contribution in [-0.2, 0) is 0 Å². The van der Waals surface area contributed by atoms with Crippen molar-refractivity contribution in [3.63, 3.8) is 0 Å². The maximum atomic E-state index is 11.9. The number of carbonyl (C=O) groups is 1. The molecule has 0 spiro atoms. The zero-order valence-electron chi connectivity index (χ0n) is 12.1. The Morgan fingerprint density at radius 3 is 2.83 bits per heavy atom. The van der Waals surface area contributed by atoms with Crippen LogP contribution in [0.1, 0.15) is 10.4 Å². The highest BCUT2D eigenvalue weighted by molar-refractivity contribution is 5.88. The van der Waals surface area contributed by atoms with Crippen molar-refractivity contribution in [1.29, 1.82) is 0 Å². The van der Waals surface area contributed by atoms with Gasteiger partial charge in [-0.15, -0.1) is 0 Å². The van der Waals surface area contributed by atoms with E-state index in [4.69, 9.17) is 10.8 Å². The van der Waals surface area contributed by atoms with E-state index in [1.54, 1.807) is 12.1 Å². The lowest BCUT2D eigenvalue weighted by Crippen LogP contribution is -2.41. The topological polar surface area (TPSA) is 145 Å². The van der Waals surface area contributed by atoms with Gasteiger partial charge in [-0.25, -0.2) is 4.79 Å². The fraction of sp³-hybridized carbons (Fsp3) is 0.214. The first-order chi connectivity index (χ1) is 11.0. The van der Waals surface area contributed by atoms with Crippen molar-refractivity contribution in [2.24, 2.45) is 0 Å². The van der Waals surface area contributed by atoms with E-state index in [0.29, 0.717) is 24.6 Å². The molecule has 9 heteroatoms. The van der Waals surface area contributed by atoms with Crippen molar-refractivity contribution in [2.45, 2.75) is 6.04 Å². The van der Waals surface area contributed by atoms with Gasteiger partial charge in [-0.2, -0.15) is 4.98 Å². The van der Waals surface area contributed by atoms with E-state index in [9.17, 15) is 9.59 Å². The number of carboxylic acids is 1. The third kappa shape index (κ3) is 3.18. The number of fused-ring (bicyclic) bond motifs is 1. The molecule has 3 rings (SSSR count). The molecule has 1 aromatic heterocycles. The molecule has 23 heavy (non-hydrogen) atoms. The molecule has 0 saturated carbocycles. The molecule has 1 aliphatic rings. The maximum absolute atomic E-state index is 11.9. The van der Waals surface area contributed by atoms with Crippen LogP contribution < -0.4 is 27.2 Å². The Bertz CT molecular complexity index is 786. The summed E-state index contributed by atoms with van der Waals surface area (Å²) in [7, 11) is 0. The Kier molecular flexibility index (Phi) is 3.75. The van der Waals surface area contributed by atoms with Gasteiger partial charge in [0.15, 0.2) is 5.82 Å². The average Bonchev–Trinajstić information content (AvgIpc) is 2.53. The fourth-order valence-electron chi connectivity index (χ4n) is 2.32. The minimum atomic E-state index is -0.961. The van der Waals surface area contributed by atoms with Crippen LogP contribution in [0.25, 0.3) is 0 Å². The Morgan fingerprint density at radius 1 is 1.39 bits per heavy atom. The van der Waals surface area contributed by atoms with Gasteiger partial charge in [0.1, 0.15) is 5.69 Å². The first kappa shape index (κ1) is 14.7. The van der Waals surface area contributed by atoms with Crippen molar-refractivity contribution >= 4 is 29.1 Å². The molecule has 0 radical (unpaired) electrons. The highest BCUT2D eigenvalue weighted by Crippen LogP contribution is 2.20. The summed E-state index contributed by atoms with van der Waals surface area (Å²) in [5.41, 5.74) is 6.56. The minimum Gasteiger partial charge on any atom is -0.478 e. The standard InChI is InChI=1S/C14H16N6O3/c15-14-19-11-10(12(21)20-14)18-9(6-17-11)5-16-8-3-1-7(2-4-8)13(22)23/h1-4,9,16,18H,5-6H2,(H,22,23)(H4,15,17,19,20,21)/t9-/m1/s1. The smallest absolute Gasteiger partial charge is 0.335 e. The zero-order chi connectivity index (χ0) is 16.4. The van der Waals surface area contributed by atoms with Gasteiger partial charge in [0, 0.05) is 18.8 Å². The van der Waals surface area contributed by atoms with Crippen molar-refractivity contribution in [3.8, 4) is 0 Å². The molecule has 0 fully saturated rings. The van der Waals surface area contributed by atoms with Gasteiger partial charge in [-0.3, -0.25) is 9.78 Å². The number of H-pyrrole nitrogens is 1. The number of carboxylic acid groups (broad SMARTS) is 1. The Morgan fingerprint density at radius 2 is 2.13 bits per heavy atom. The summed E-state index contributed by atoms with van der Waals surface area (Å²) >= 11 is 0. The SMILES string of the molecule is Nc1nc2c(c(=O)[nH]1)N[C@H](CNc1ccc(C(=O)O)cc1)CN2. The number of benzene rings is 1. The fourth-order valence-corrected chi connectivity index (χ4v) is 2.32. The van der Waals surface area contributed by atoms with Gasteiger partial charge in [-0.05, 0) is 24.3 Å². The highest BCUT2D eigenvalue weighted by atomic mass is 16.4. The normalized spacial score (nSPS) is 15.9. The van der Waals surface area contributed by atoms with Gasteiger partial charge >= 0.3 is 5.97 Å². The number of aromatic nitrogens is 2. The number of hydrogen-bond acceptors (Lipinski definition) is 7. The Hall–Kier alpha value is -3.23. The number of nitrogens with zero attached hydrogens (tertiary/aromatic N) is 1. The molecular weight excluding hydrogens is 300 g/mol. The van der Waals surface area contributed by atoms with Crippen LogP contribution in [-0.4, -0.2) is 40.2 Å². The largest absolute Gasteiger partial charge is 0.478 e. The van der Waals surface area contributed by atoms with E-state index in [0.717, 1.165) is 5.69 Å². The number of hydrogen-bond donors (Lipinski definition) is 6. The first-order valence-electron chi connectivity index (χ1n) is 7.00. The first-order valence-corrected chi connectivity index (χ1v) is 7.00. The lowest BCUT2D eigenvalue weighted by molar-refractivity contribution is 0.0697. The third-order valence-corrected chi connectivity index (χ3v) is 3.49. The zero-order valence-corrected chi connectivity index (χ0v) is 12.1. The minimum absolute atomic E-state index is 0.0341. The Labute approximate surface area is 130 Å². The molecule has 2 heterocycles. The van der Waals surface area contributed by atoms with E-state index in [1.165, 1.54) is 12.1 Å². The number of anilines is 4. The van der Waals surface area contributed by atoms with E-state index < -0.39 is 5.97 Å². The van der Waals surface area contributed by atoms with Crippen LogP contribution in [0.2, 0.25) is 0 Å². The van der Waals surface area contributed by atoms with Gasteiger partial charge in [0.25, 0.3) is 5.56 Å². The van der Waals surface area contributed by atoms with E-state index in [2.05, 4.69) is 25.9 Å². The maximum Gasteiger partial charge on any atom is 0.335 e. The number of rotatable bonds is 4. The number of aromatic amines is 1. The summed E-state index contributed by atoms with van der Waals surface area (Å²) in [6.07, 6.45) is 0. The second kappa shape index (κ2) is 5.87. The van der Waals surface area contributed by atoms with Crippen molar-refractivity contribution in [1.82, 2.24) is 9.97 Å². The van der Waals surface area contributed by atoms with Crippen LogP contribution in [0.4, 0.5) is 23.1 Å². The summed E-state index contributed by atoms with van der Waals surface area (Å²) in [5.74, 6) is -0.455. The number of nitrogen functional groups attached to an aromatic ring is 1. The Balaban J connectivity index is 1.64. The lowest BCUT2D eigenvalue weighted by atomic mass is 10.2. The summed E-state index contributed by atoms with van der Waals surface area (Å²) in [6, 6.07) is 6.42. The van der Waals surface area contributed by atoms with E-state index in [-0.39, 0.29) is 23.1 Å². The molecule has 9 nitrogen and oxygen atoms in total. The summed E-state index contributed by atoms with van der Waals surface area (Å²) in [6.45, 7) is 1.12. The van der Waals surface area contributed by atoms with Crippen LogP contribution in [0.5, 0.6) is 0 Å². The second-order valence-corrected chi connectivity index (χ2v) is 5.16. The van der Waals surface area contributed by atoms with E-state index in [1.807, 2.05) is 0 Å². The number of nitrogens with one attached hydrogen (secondary N) is 4. The van der Waals surface area contributed by atoms with Crippen LogP contribution in [0, 0.1) is 0 Å². The summed E-state index contributed by atoms with van der Waals surface area (Å²) in [5, 5.41) is 18.2. The summed E-state index contributed by atoms with van der Waals surface area (Å²) < 4.78 is 0. The molecule has 120 valence electrons. The predicted octanol–water partition coefficient (Wildman–Crippen LogP) is 0.368. The molecule has 0 amide bonds. The number of aromatic carboxylic acids is 1. The van der Waals surface area contributed by atoms with Crippen molar-refractivity contribution in [2.75, 3.05) is 34.8 Å². The molecular formula is C14H16N6O3. The van der Waals surface area contributed by atoms with Gasteiger partial charge in [0.2, 0.25) is 5.95 Å². The molecule has 1 atom stereocenters. The van der Waals surface area contributed by atoms with Crippen molar-refractivity contribution in [3.05, 3.63) is 40.2 Å².